The van der Waals surface area contributed by atoms with Crippen LogP contribution in [0.2, 0.25) is 0 Å². The normalized spacial score (nSPS) is 25.7. The van der Waals surface area contributed by atoms with Gasteiger partial charge in [-0.15, -0.1) is 0 Å². The highest BCUT2D eigenvalue weighted by atomic mass is 16.5. The number of amides is 2. The summed E-state index contributed by atoms with van der Waals surface area (Å²) >= 11 is 0. The number of carbonyl (C=O) groups is 3. The van der Waals surface area contributed by atoms with Gasteiger partial charge in [0.25, 0.3) is 5.91 Å². The Kier molecular flexibility index (Phi) is 8.02. The molecule has 9 nitrogen and oxygen atoms in total. The van der Waals surface area contributed by atoms with Gasteiger partial charge in [0.15, 0.2) is 5.78 Å². The fourth-order valence-corrected chi connectivity index (χ4v) is 5.48. The standard InChI is InChI=1S/C27H40N4O5/c1-5-10-29-11-13-30(14-12-29)19-8-6-18(7-9-19)25(34)28-20(15-27(2,3)4)26(35)31-16-21(32)24-23(31)22(33)17-36-24/h6-9,20-21,23-24,32H,5,10-17H2,1-4H3,(H,28,34)/t20?,21-,23+,24+/m0/s1. The molecule has 1 unspecified atom stereocenters. The lowest BCUT2D eigenvalue weighted by molar-refractivity contribution is -0.138. The van der Waals surface area contributed by atoms with E-state index < -0.39 is 24.3 Å². The monoisotopic (exact) mass is 500 g/mol. The van der Waals surface area contributed by atoms with Crippen molar-refractivity contribution >= 4 is 23.3 Å². The van der Waals surface area contributed by atoms with Gasteiger partial charge in [-0.05, 0) is 49.1 Å². The minimum Gasteiger partial charge on any atom is -0.388 e. The second-order valence-corrected chi connectivity index (χ2v) is 11.4. The van der Waals surface area contributed by atoms with Crippen LogP contribution in [0.3, 0.4) is 0 Å². The molecule has 3 heterocycles. The van der Waals surface area contributed by atoms with Crippen LogP contribution in [0.25, 0.3) is 0 Å². The number of aliphatic hydroxyl groups excluding tert-OH is 1. The first-order valence-corrected chi connectivity index (χ1v) is 13.1. The first-order chi connectivity index (χ1) is 17.1. The second-order valence-electron chi connectivity index (χ2n) is 11.4. The summed E-state index contributed by atoms with van der Waals surface area (Å²) in [6, 6.07) is 5.91. The quantitative estimate of drug-likeness (QED) is 0.582. The molecular weight excluding hydrogens is 460 g/mol. The molecule has 1 aromatic carbocycles. The van der Waals surface area contributed by atoms with E-state index in [1.807, 2.05) is 32.9 Å². The summed E-state index contributed by atoms with van der Waals surface area (Å²) in [6.07, 6.45) is -0.0419. The predicted molar refractivity (Wildman–Crippen MR) is 137 cm³/mol. The van der Waals surface area contributed by atoms with Crippen molar-refractivity contribution in [1.29, 1.82) is 0 Å². The molecule has 1 aromatic rings. The number of aliphatic hydroxyl groups is 1. The van der Waals surface area contributed by atoms with Crippen molar-refractivity contribution in [2.45, 2.75) is 64.8 Å². The van der Waals surface area contributed by atoms with Crippen molar-refractivity contribution in [3.63, 3.8) is 0 Å². The molecule has 9 heteroatoms. The number of anilines is 1. The van der Waals surface area contributed by atoms with E-state index in [1.165, 1.54) is 4.90 Å². The van der Waals surface area contributed by atoms with E-state index in [9.17, 15) is 19.5 Å². The highest BCUT2D eigenvalue weighted by Crippen LogP contribution is 2.30. The summed E-state index contributed by atoms with van der Waals surface area (Å²) in [5, 5.41) is 13.2. The number of piperazine rings is 1. The number of nitrogens with zero attached hydrogens (tertiary/aromatic N) is 3. The average Bonchev–Trinajstić information content (AvgIpc) is 3.38. The van der Waals surface area contributed by atoms with Crippen molar-refractivity contribution in [1.82, 2.24) is 15.1 Å². The molecule has 3 aliphatic heterocycles. The van der Waals surface area contributed by atoms with Crippen molar-refractivity contribution in [3.8, 4) is 0 Å². The SMILES string of the molecule is CCCN1CCN(c2ccc(C(=O)NC(CC(C)(C)C)C(=O)N3C[C@H](O)[C@H]4OCC(=O)[C@H]43)cc2)CC1. The van der Waals surface area contributed by atoms with Crippen LogP contribution in [-0.2, 0) is 14.3 Å². The fourth-order valence-electron chi connectivity index (χ4n) is 5.48. The summed E-state index contributed by atoms with van der Waals surface area (Å²) in [4.78, 5) is 45.3. The Labute approximate surface area is 213 Å². The van der Waals surface area contributed by atoms with Crippen LogP contribution in [0.4, 0.5) is 5.69 Å². The molecule has 4 rings (SSSR count). The Balaban J connectivity index is 1.43. The van der Waals surface area contributed by atoms with E-state index in [-0.39, 0.29) is 36.2 Å². The molecular formula is C27H40N4O5. The summed E-state index contributed by atoms with van der Waals surface area (Å²) in [7, 11) is 0. The second kappa shape index (κ2) is 10.9. The maximum Gasteiger partial charge on any atom is 0.251 e. The third-order valence-corrected chi connectivity index (χ3v) is 7.27. The summed E-state index contributed by atoms with van der Waals surface area (Å²) in [5.41, 5.74) is 1.32. The number of nitrogens with one attached hydrogen (secondary N) is 1. The Morgan fingerprint density at radius 2 is 1.81 bits per heavy atom. The largest absolute Gasteiger partial charge is 0.388 e. The number of ketones is 1. The van der Waals surface area contributed by atoms with E-state index in [0.29, 0.717) is 12.0 Å². The topological polar surface area (TPSA) is 102 Å². The first-order valence-electron chi connectivity index (χ1n) is 13.1. The lowest BCUT2D eigenvalue weighted by atomic mass is 9.87. The molecule has 3 saturated heterocycles. The lowest BCUT2D eigenvalue weighted by Crippen LogP contribution is -2.53. The number of likely N-dealkylation sites (tertiary alicyclic amines) is 1. The molecule has 2 amide bonds. The van der Waals surface area contributed by atoms with Crippen LogP contribution in [0.5, 0.6) is 0 Å². The van der Waals surface area contributed by atoms with Crippen LogP contribution >= 0.6 is 0 Å². The Morgan fingerprint density at radius 3 is 2.42 bits per heavy atom. The molecule has 4 atom stereocenters. The Hall–Kier alpha value is -2.49. The van der Waals surface area contributed by atoms with Crippen LogP contribution in [0.1, 0.15) is 50.9 Å². The smallest absolute Gasteiger partial charge is 0.251 e. The maximum atomic E-state index is 13.5. The number of β-amino-alcohol motifs (C(OH)–C–C–N with tert-alkyl or cyclic N) is 1. The molecule has 0 aromatic heterocycles. The zero-order valence-corrected chi connectivity index (χ0v) is 21.9. The van der Waals surface area contributed by atoms with Crippen LogP contribution in [0, 0.1) is 5.41 Å². The summed E-state index contributed by atoms with van der Waals surface area (Å²) < 4.78 is 5.40. The van der Waals surface area contributed by atoms with E-state index in [1.54, 1.807) is 12.1 Å². The van der Waals surface area contributed by atoms with Crippen molar-refractivity contribution in [3.05, 3.63) is 29.8 Å². The number of Topliss-reactive ketones (excluding diaryl/α,β-unsaturated/α-hetero) is 1. The molecule has 2 N–H and O–H groups in total. The Bertz CT molecular complexity index is 952. The number of benzene rings is 1. The summed E-state index contributed by atoms with van der Waals surface area (Å²) in [5.74, 6) is -0.899. The highest BCUT2D eigenvalue weighted by molar-refractivity contribution is 5.99. The van der Waals surface area contributed by atoms with E-state index in [2.05, 4.69) is 22.0 Å². The van der Waals surface area contributed by atoms with Gasteiger partial charge in [-0.2, -0.15) is 0 Å². The number of hydrogen-bond acceptors (Lipinski definition) is 7. The van der Waals surface area contributed by atoms with Gasteiger partial charge in [0, 0.05) is 37.4 Å². The van der Waals surface area contributed by atoms with Gasteiger partial charge in [0.1, 0.15) is 30.9 Å². The zero-order chi connectivity index (χ0) is 26.0. The number of rotatable bonds is 7. The molecule has 0 aliphatic carbocycles. The van der Waals surface area contributed by atoms with Gasteiger partial charge in [-0.1, -0.05) is 27.7 Å². The number of fused-ring (bicyclic) bond motifs is 1. The van der Waals surface area contributed by atoms with Crippen LogP contribution < -0.4 is 10.2 Å². The molecule has 0 radical (unpaired) electrons. The third-order valence-electron chi connectivity index (χ3n) is 7.27. The Morgan fingerprint density at radius 1 is 1.14 bits per heavy atom. The molecule has 3 aliphatic rings. The van der Waals surface area contributed by atoms with Gasteiger partial charge >= 0.3 is 0 Å². The molecule has 0 spiro atoms. The van der Waals surface area contributed by atoms with E-state index in [4.69, 9.17) is 4.74 Å². The molecule has 0 bridgehead atoms. The van der Waals surface area contributed by atoms with Gasteiger partial charge < -0.3 is 25.0 Å². The third kappa shape index (κ3) is 5.90. The highest BCUT2D eigenvalue weighted by Gasteiger charge is 2.53. The lowest BCUT2D eigenvalue weighted by Gasteiger charge is -2.36. The molecule has 3 fully saturated rings. The fraction of sp³-hybridized carbons (Fsp3) is 0.667. The van der Waals surface area contributed by atoms with E-state index >= 15 is 0 Å². The predicted octanol–water partition coefficient (Wildman–Crippen LogP) is 1.29. The van der Waals surface area contributed by atoms with Crippen molar-refractivity contribution < 1.29 is 24.2 Å². The van der Waals surface area contributed by atoms with Crippen LogP contribution in [0.15, 0.2) is 24.3 Å². The van der Waals surface area contributed by atoms with E-state index in [0.717, 1.165) is 44.8 Å². The zero-order valence-electron chi connectivity index (χ0n) is 21.9. The van der Waals surface area contributed by atoms with Gasteiger partial charge in [0.2, 0.25) is 5.91 Å². The molecule has 198 valence electrons. The number of hydrogen-bond donors (Lipinski definition) is 2. The van der Waals surface area contributed by atoms with Crippen molar-refractivity contribution in [2.75, 3.05) is 50.8 Å². The molecule has 0 saturated carbocycles. The number of carbonyl (C=O) groups excluding carboxylic acids is 3. The summed E-state index contributed by atoms with van der Waals surface area (Å²) in [6.45, 7) is 13.2. The van der Waals surface area contributed by atoms with Crippen molar-refractivity contribution in [2.24, 2.45) is 5.41 Å². The van der Waals surface area contributed by atoms with Crippen LogP contribution in [-0.4, -0.2) is 103 Å². The minimum absolute atomic E-state index is 0.0244. The minimum atomic E-state index is -0.909. The molecule has 36 heavy (non-hydrogen) atoms. The maximum absolute atomic E-state index is 13.5. The van der Waals surface area contributed by atoms with Gasteiger partial charge in [-0.3, -0.25) is 19.3 Å². The number of ether oxygens (including phenoxy) is 1. The van der Waals surface area contributed by atoms with Gasteiger partial charge in [-0.25, -0.2) is 0 Å². The first kappa shape index (κ1) is 26.6. The average molecular weight is 501 g/mol. The van der Waals surface area contributed by atoms with Gasteiger partial charge in [0.05, 0.1) is 6.54 Å².